The maximum atomic E-state index is 11.2. The first-order chi connectivity index (χ1) is 18.0. The summed E-state index contributed by atoms with van der Waals surface area (Å²) in [6.07, 6.45) is 14.6. The highest BCUT2D eigenvalue weighted by atomic mass is 28.4. The first-order valence-corrected chi connectivity index (χ1v) is 21.9. The number of ether oxygens (including phenoxy) is 2. The third-order valence-corrected chi connectivity index (χ3v) is 19.1. The fourth-order valence-corrected chi connectivity index (χ4v) is 8.16. The molecule has 0 unspecified atom stereocenters. The van der Waals surface area contributed by atoms with Crippen LogP contribution >= 0.6 is 0 Å². The molecular formula is C32H64O5Si2. The number of rotatable bonds is 16. The summed E-state index contributed by atoms with van der Waals surface area (Å²) in [6, 6.07) is 0. The van der Waals surface area contributed by atoms with E-state index in [9.17, 15) is 4.79 Å². The highest BCUT2D eigenvalue weighted by molar-refractivity contribution is 6.74. The van der Waals surface area contributed by atoms with E-state index in [1.165, 1.54) is 32.1 Å². The Hall–Kier alpha value is -0.0562. The van der Waals surface area contributed by atoms with E-state index in [1.807, 2.05) is 0 Å². The summed E-state index contributed by atoms with van der Waals surface area (Å²) < 4.78 is 26.9. The van der Waals surface area contributed by atoms with Gasteiger partial charge in [-0.2, -0.15) is 0 Å². The van der Waals surface area contributed by atoms with Crippen molar-refractivity contribution in [3.63, 3.8) is 0 Å². The van der Waals surface area contributed by atoms with Crippen molar-refractivity contribution in [2.45, 2.75) is 198 Å². The fraction of sp³-hybridized carbons (Fsp3) is 0.969. The Morgan fingerprint density at radius 2 is 1.31 bits per heavy atom. The minimum atomic E-state index is -1.98. The van der Waals surface area contributed by atoms with Gasteiger partial charge in [-0.1, -0.05) is 80.6 Å². The van der Waals surface area contributed by atoms with E-state index in [0.29, 0.717) is 0 Å². The molecule has 0 N–H and O–H groups in total. The molecule has 2 heterocycles. The smallest absolute Gasteiger partial charge is 0.192 e. The van der Waals surface area contributed by atoms with Crippen molar-refractivity contribution in [1.29, 1.82) is 0 Å². The standard InChI is InChI=1S/C32H64O5Si2/c1-12-13-14-15-16-17-25(36-38(8,9)31(2,3)4)18-21-30(37-39(10,11)32(5,6)7)29-23-22-28(35-29)27-20-19-26(24-33)34-27/h24-30H,12-23H2,1-11H3/t25-,26+,27+,28+,29+,30-/m0/s1. The van der Waals surface area contributed by atoms with Crippen LogP contribution in [0.2, 0.25) is 36.3 Å². The van der Waals surface area contributed by atoms with Crippen LogP contribution in [0.5, 0.6) is 0 Å². The SMILES string of the molecule is CCCCCCC[C@@H](CC[C@H](O[Si](C)(C)C(C)(C)C)[C@H]1CC[C@H]([C@H]2CC[C@H](C=O)O2)O1)O[Si](C)(C)C(C)(C)C. The largest absolute Gasteiger partial charge is 0.414 e. The van der Waals surface area contributed by atoms with Crippen LogP contribution < -0.4 is 0 Å². The molecule has 0 radical (unpaired) electrons. The van der Waals surface area contributed by atoms with Gasteiger partial charge in [0.1, 0.15) is 12.4 Å². The van der Waals surface area contributed by atoms with Crippen molar-refractivity contribution < 1.29 is 23.1 Å². The van der Waals surface area contributed by atoms with Crippen molar-refractivity contribution in [2.24, 2.45) is 0 Å². The van der Waals surface area contributed by atoms with E-state index < -0.39 is 16.6 Å². The molecule has 2 fully saturated rings. The van der Waals surface area contributed by atoms with E-state index >= 15 is 0 Å². The first-order valence-electron chi connectivity index (χ1n) is 16.1. The molecule has 0 bridgehead atoms. The van der Waals surface area contributed by atoms with Crippen LogP contribution in [0.4, 0.5) is 0 Å². The topological polar surface area (TPSA) is 54.0 Å². The van der Waals surface area contributed by atoms with Gasteiger partial charge in [0.15, 0.2) is 16.6 Å². The zero-order valence-corrected chi connectivity index (χ0v) is 29.6. The average molecular weight is 585 g/mol. The molecule has 230 valence electrons. The van der Waals surface area contributed by atoms with Crippen LogP contribution in [0.1, 0.15) is 126 Å². The minimum absolute atomic E-state index is 0.0384. The number of hydrogen-bond donors (Lipinski definition) is 0. The number of carbonyl (C=O) groups is 1. The van der Waals surface area contributed by atoms with Gasteiger partial charge in [-0.3, -0.25) is 0 Å². The number of unbranched alkanes of at least 4 members (excludes halogenated alkanes) is 4. The Morgan fingerprint density at radius 3 is 1.87 bits per heavy atom. The third-order valence-electron chi connectivity index (χ3n) is 10.1. The summed E-state index contributed by atoms with van der Waals surface area (Å²) >= 11 is 0. The van der Waals surface area contributed by atoms with E-state index in [0.717, 1.165) is 51.2 Å². The van der Waals surface area contributed by atoms with Gasteiger partial charge in [-0.15, -0.1) is 0 Å². The summed E-state index contributed by atoms with van der Waals surface area (Å²) in [5.74, 6) is 0. The zero-order chi connectivity index (χ0) is 29.5. The molecule has 5 nitrogen and oxygen atoms in total. The van der Waals surface area contributed by atoms with Gasteiger partial charge in [0.25, 0.3) is 0 Å². The fourth-order valence-electron chi connectivity index (χ4n) is 5.36. The second-order valence-electron chi connectivity index (χ2n) is 15.4. The maximum Gasteiger partial charge on any atom is 0.192 e. The van der Waals surface area contributed by atoms with Gasteiger partial charge in [-0.25, -0.2) is 0 Å². The Morgan fingerprint density at radius 1 is 0.744 bits per heavy atom. The molecular weight excluding hydrogens is 521 g/mol. The molecule has 0 saturated carbocycles. The Labute approximate surface area is 244 Å². The lowest BCUT2D eigenvalue weighted by molar-refractivity contribution is -0.124. The van der Waals surface area contributed by atoms with Crippen molar-refractivity contribution in [3.05, 3.63) is 0 Å². The molecule has 0 amide bonds. The van der Waals surface area contributed by atoms with E-state index in [-0.39, 0.29) is 46.7 Å². The van der Waals surface area contributed by atoms with E-state index in [2.05, 4.69) is 74.7 Å². The monoisotopic (exact) mass is 584 g/mol. The average Bonchev–Trinajstić information content (AvgIpc) is 3.49. The van der Waals surface area contributed by atoms with Gasteiger partial charge in [0, 0.05) is 6.10 Å². The lowest BCUT2D eigenvalue weighted by atomic mass is 9.99. The van der Waals surface area contributed by atoms with Gasteiger partial charge in [0.2, 0.25) is 0 Å². The molecule has 7 heteroatoms. The summed E-state index contributed by atoms with van der Waals surface area (Å²) in [5, 5.41) is 0.346. The number of aldehydes is 1. The first kappa shape index (κ1) is 35.1. The number of hydrogen-bond acceptors (Lipinski definition) is 5. The van der Waals surface area contributed by atoms with Crippen LogP contribution in [-0.2, 0) is 23.1 Å². The molecule has 2 rings (SSSR count). The van der Waals surface area contributed by atoms with Crippen LogP contribution in [0.25, 0.3) is 0 Å². The molecule has 2 aliphatic heterocycles. The molecule has 39 heavy (non-hydrogen) atoms. The van der Waals surface area contributed by atoms with Crippen LogP contribution in [0.3, 0.4) is 0 Å². The molecule has 6 atom stereocenters. The van der Waals surface area contributed by atoms with Gasteiger partial charge in [-0.05, 0) is 81.2 Å². The Bertz CT molecular complexity index is 727. The summed E-state index contributed by atoms with van der Waals surface area (Å²) in [4.78, 5) is 11.2. The lowest BCUT2D eigenvalue weighted by Gasteiger charge is -2.42. The molecule has 2 saturated heterocycles. The maximum absolute atomic E-state index is 11.2. The quantitative estimate of drug-likeness (QED) is 0.103. The summed E-state index contributed by atoms with van der Waals surface area (Å²) in [5.41, 5.74) is 0. The molecule has 0 aromatic heterocycles. The van der Waals surface area contributed by atoms with Crippen molar-refractivity contribution in [3.8, 4) is 0 Å². The zero-order valence-electron chi connectivity index (χ0n) is 27.6. The van der Waals surface area contributed by atoms with Crippen molar-refractivity contribution >= 4 is 22.9 Å². The molecule has 0 aromatic carbocycles. The number of carbonyl (C=O) groups excluding carboxylic acids is 1. The predicted octanol–water partition coefficient (Wildman–Crippen LogP) is 9.20. The summed E-state index contributed by atoms with van der Waals surface area (Å²) in [6.45, 7) is 25.8. The normalized spacial score (nSPS) is 26.6. The second kappa shape index (κ2) is 14.9. The van der Waals surface area contributed by atoms with E-state index in [4.69, 9.17) is 18.3 Å². The lowest BCUT2D eigenvalue weighted by Crippen LogP contribution is -2.48. The summed E-state index contributed by atoms with van der Waals surface area (Å²) in [7, 11) is -3.86. The van der Waals surface area contributed by atoms with Crippen LogP contribution in [0.15, 0.2) is 0 Å². The van der Waals surface area contributed by atoms with Crippen LogP contribution in [-0.4, -0.2) is 59.5 Å². The molecule has 0 aromatic rings. The molecule has 2 aliphatic rings. The minimum Gasteiger partial charge on any atom is -0.414 e. The third kappa shape index (κ3) is 10.6. The van der Waals surface area contributed by atoms with E-state index in [1.54, 1.807) is 0 Å². The van der Waals surface area contributed by atoms with Gasteiger partial charge >= 0.3 is 0 Å². The predicted molar refractivity (Wildman–Crippen MR) is 169 cm³/mol. The van der Waals surface area contributed by atoms with Gasteiger partial charge in [0.05, 0.1) is 24.4 Å². The molecule has 0 spiro atoms. The highest BCUT2D eigenvalue weighted by Gasteiger charge is 2.45. The van der Waals surface area contributed by atoms with Crippen molar-refractivity contribution in [1.82, 2.24) is 0 Å². The Kier molecular flexibility index (Phi) is 13.4. The highest BCUT2D eigenvalue weighted by Crippen LogP contribution is 2.42. The van der Waals surface area contributed by atoms with Crippen molar-refractivity contribution in [2.75, 3.05) is 0 Å². The second-order valence-corrected chi connectivity index (χ2v) is 24.9. The van der Waals surface area contributed by atoms with Crippen LogP contribution in [0, 0.1) is 0 Å². The molecule has 0 aliphatic carbocycles. The Balaban J connectivity index is 2.14. The van der Waals surface area contributed by atoms with Gasteiger partial charge < -0.3 is 23.1 Å².